The van der Waals surface area contributed by atoms with Gasteiger partial charge in [0.15, 0.2) is 6.20 Å². The lowest BCUT2D eigenvalue weighted by molar-refractivity contribution is -0.603. The van der Waals surface area contributed by atoms with E-state index in [2.05, 4.69) is 17.1 Å². The molecule has 1 spiro atoms. The van der Waals surface area contributed by atoms with Crippen LogP contribution in [0.3, 0.4) is 0 Å². The third-order valence-electron chi connectivity index (χ3n) is 7.99. The highest BCUT2D eigenvalue weighted by molar-refractivity contribution is 6.28. The van der Waals surface area contributed by atoms with Gasteiger partial charge in [-0.1, -0.05) is 32.6 Å². The van der Waals surface area contributed by atoms with Crippen molar-refractivity contribution in [1.29, 1.82) is 0 Å². The fourth-order valence-electron chi connectivity index (χ4n) is 5.89. The number of carbonyl (C=O) groups is 2. The molecule has 2 amide bonds. The summed E-state index contributed by atoms with van der Waals surface area (Å²) in [5.41, 5.74) is -0.0118. The zero-order valence-corrected chi connectivity index (χ0v) is 20.8. The zero-order chi connectivity index (χ0) is 24.3. The molecule has 2 N–H and O–H groups in total. The summed E-state index contributed by atoms with van der Waals surface area (Å²) < 4.78 is 0.653. The van der Waals surface area contributed by atoms with E-state index >= 15 is 0 Å². The molecule has 2 atom stereocenters. The van der Waals surface area contributed by atoms with Gasteiger partial charge in [0.05, 0.1) is 6.10 Å². The number of aliphatic hydroxyl groups excluding tert-OH is 1. The van der Waals surface area contributed by atoms with E-state index in [-0.39, 0.29) is 22.9 Å². The molecule has 2 saturated heterocycles. The number of hydrogen-bond acceptors (Lipinski definition) is 5. The largest absolute Gasteiger partial charge is 0.618 e. The van der Waals surface area contributed by atoms with Crippen molar-refractivity contribution in [1.82, 2.24) is 15.1 Å². The van der Waals surface area contributed by atoms with E-state index in [9.17, 15) is 19.9 Å². The van der Waals surface area contributed by atoms with Crippen molar-refractivity contribution >= 4 is 23.4 Å². The molecule has 3 fully saturated rings. The molecule has 3 aliphatic rings. The molecule has 3 heterocycles. The van der Waals surface area contributed by atoms with Crippen molar-refractivity contribution in [2.75, 3.05) is 19.6 Å². The summed E-state index contributed by atoms with van der Waals surface area (Å²) in [5.74, 6) is -0.202. The molecule has 188 valence electrons. The minimum absolute atomic E-state index is 0.0649. The van der Waals surface area contributed by atoms with E-state index in [1.54, 1.807) is 11.0 Å². The van der Waals surface area contributed by atoms with Gasteiger partial charge in [0.1, 0.15) is 11.6 Å². The van der Waals surface area contributed by atoms with Crippen molar-refractivity contribution in [2.24, 2.45) is 5.92 Å². The number of hydrogen-bond donors (Lipinski definition) is 2. The Bertz CT molecular complexity index is 884. The highest BCUT2D eigenvalue weighted by Gasteiger charge is 2.55. The van der Waals surface area contributed by atoms with Crippen molar-refractivity contribution < 1.29 is 19.4 Å². The van der Waals surface area contributed by atoms with Crippen LogP contribution in [0.25, 0.3) is 0 Å². The fourth-order valence-corrected chi connectivity index (χ4v) is 6.00. The van der Waals surface area contributed by atoms with Crippen LogP contribution in [0.15, 0.2) is 18.3 Å². The summed E-state index contributed by atoms with van der Waals surface area (Å²) >= 11 is 5.83. The summed E-state index contributed by atoms with van der Waals surface area (Å²) in [6.45, 7) is 4.47. The van der Waals surface area contributed by atoms with Crippen molar-refractivity contribution in [3.05, 3.63) is 34.3 Å². The molecule has 0 aromatic carbocycles. The molecule has 1 aromatic heterocycles. The second kappa shape index (κ2) is 10.8. The molecule has 4 rings (SSSR count). The van der Waals surface area contributed by atoms with Crippen molar-refractivity contribution in [2.45, 2.75) is 88.9 Å². The SMILES string of the molecule is CCCCN1C(=O)[C@@H]([C@H](O)C2CCCCC2)NC(=O)C12CCN(Cc1ccc(Cl)[n+]([O-])c1)CC2. The zero-order valence-electron chi connectivity index (χ0n) is 20.0. The van der Waals surface area contributed by atoms with Crippen molar-refractivity contribution in [3.8, 4) is 0 Å². The molecule has 0 radical (unpaired) electrons. The first-order valence-corrected chi connectivity index (χ1v) is 13.1. The Morgan fingerprint density at radius 3 is 2.59 bits per heavy atom. The van der Waals surface area contributed by atoms with E-state index in [4.69, 9.17) is 11.6 Å². The summed E-state index contributed by atoms with van der Waals surface area (Å²) in [6.07, 6.45) is 8.58. The van der Waals surface area contributed by atoms with Gasteiger partial charge in [-0.2, -0.15) is 4.73 Å². The molecule has 2 aliphatic heterocycles. The number of nitrogens with zero attached hydrogens (tertiary/aromatic N) is 3. The predicted molar refractivity (Wildman–Crippen MR) is 129 cm³/mol. The average molecular weight is 493 g/mol. The molecule has 0 unspecified atom stereocenters. The number of rotatable bonds is 7. The smallest absolute Gasteiger partial charge is 0.286 e. The standard InChI is InChI=1S/C25H37ClN4O4/c1-2-3-13-29-23(32)21(22(31)19-7-5-4-6-8-19)27-24(33)25(29)11-14-28(15-12-25)16-18-9-10-20(26)30(34)17-18/h9-10,17,19,21-22,31H,2-8,11-16H2,1H3,(H,27,33)/t21-,22-/m1/s1. The van der Waals surface area contributed by atoms with Crippen molar-refractivity contribution in [3.63, 3.8) is 0 Å². The molecule has 1 saturated carbocycles. The molecular formula is C25H37ClN4O4. The molecule has 0 bridgehead atoms. The summed E-state index contributed by atoms with van der Waals surface area (Å²) in [7, 11) is 0. The summed E-state index contributed by atoms with van der Waals surface area (Å²) in [5, 5.41) is 25.9. The van der Waals surface area contributed by atoms with E-state index in [1.807, 2.05) is 6.07 Å². The van der Waals surface area contributed by atoms with Crippen LogP contribution in [0.5, 0.6) is 0 Å². The van der Waals surface area contributed by atoms with E-state index in [0.29, 0.717) is 43.8 Å². The number of carbonyl (C=O) groups excluding carboxylic acids is 2. The van der Waals surface area contributed by atoms with Gasteiger partial charge in [-0.15, -0.1) is 0 Å². The maximum atomic E-state index is 13.7. The number of halogens is 1. The Hall–Kier alpha value is -1.90. The van der Waals surface area contributed by atoms with E-state index in [1.165, 1.54) is 12.6 Å². The molecule has 8 nitrogen and oxygen atoms in total. The number of piperazine rings is 1. The molecule has 9 heteroatoms. The third kappa shape index (κ3) is 5.04. The van der Waals surface area contributed by atoms with Crippen LogP contribution >= 0.6 is 11.6 Å². The Kier molecular flexibility index (Phi) is 8.00. The topological polar surface area (TPSA) is 99.8 Å². The number of nitrogens with one attached hydrogen (secondary N) is 1. The first-order chi connectivity index (χ1) is 16.4. The van der Waals surface area contributed by atoms with Crippen LogP contribution in [-0.4, -0.2) is 64.0 Å². The third-order valence-corrected chi connectivity index (χ3v) is 8.28. The number of aliphatic hydroxyl groups is 1. The number of unbranched alkanes of at least 4 members (excludes halogenated alkanes) is 1. The normalized spacial score (nSPS) is 24.9. The molecule has 1 aromatic rings. The van der Waals surface area contributed by atoms with Crippen LogP contribution < -0.4 is 10.0 Å². The Morgan fingerprint density at radius 1 is 1.24 bits per heavy atom. The number of pyridine rings is 1. The van der Waals surface area contributed by atoms with E-state index in [0.717, 1.165) is 44.1 Å². The Labute approximate surface area is 206 Å². The van der Waals surface area contributed by atoms with Gasteiger partial charge in [0.25, 0.3) is 5.15 Å². The van der Waals surface area contributed by atoms with Crippen LogP contribution in [0.1, 0.15) is 70.3 Å². The van der Waals surface area contributed by atoms with Gasteiger partial charge < -0.3 is 20.5 Å². The number of aromatic nitrogens is 1. The van der Waals surface area contributed by atoms with Crippen LogP contribution in [0.2, 0.25) is 5.15 Å². The Morgan fingerprint density at radius 2 is 1.94 bits per heavy atom. The van der Waals surface area contributed by atoms with Gasteiger partial charge in [0.2, 0.25) is 11.8 Å². The molecule has 1 aliphatic carbocycles. The molecule has 34 heavy (non-hydrogen) atoms. The summed E-state index contributed by atoms with van der Waals surface area (Å²) in [4.78, 5) is 31.2. The number of amides is 2. The van der Waals surface area contributed by atoms with Crippen LogP contribution in [0.4, 0.5) is 0 Å². The van der Waals surface area contributed by atoms with E-state index < -0.39 is 17.7 Å². The number of likely N-dealkylation sites (tertiary alicyclic amines) is 1. The fraction of sp³-hybridized carbons (Fsp3) is 0.720. The predicted octanol–water partition coefficient (Wildman–Crippen LogP) is 2.38. The second-order valence-electron chi connectivity index (χ2n) is 10.2. The van der Waals surface area contributed by atoms with Crippen LogP contribution in [0, 0.1) is 11.1 Å². The monoisotopic (exact) mass is 492 g/mol. The minimum atomic E-state index is -0.871. The minimum Gasteiger partial charge on any atom is -0.618 e. The lowest BCUT2D eigenvalue weighted by atomic mass is 9.78. The highest BCUT2D eigenvalue weighted by atomic mass is 35.5. The lowest BCUT2D eigenvalue weighted by Gasteiger charge is -2.52. The van der Waals surface area contributed by atoms with Gasteiger partial charge in [-0.25, -0.2) is 0 Å². The maximum Gasteiger partial charge on any atom is 0.286 e. The first kappa shape index (κ1) is 25.2. The first-order valence-electron chi connectivity index (χ1n) is 12.8. The average Bonchev–Trinajstić information content (AvgIpc) is 2.85. The highest BCUT2D eigenvalue weighted by Crippen LogP contribution is 2.36. The quantitative estimate of drug-likeness (QED) is 0.346. The van der Waals surface area contributed by atoms with Crippen LogP contribution in [-0.2, 0) is 16.1 Å². The second-order valence-corrected chi connectivity index (χ2v) is 10.6. The van der Waals surface area contributed by atoms with Gasteiger partial charge in [-0.3, -0.25) is 14.5 Å². The summed E-state index contributed by atoms with van der Waals surface area (Å²) in [6, 6.07) is 2.58. The van der Waals surface area contributed by atoms with Gasteiger partial charge in [0, 0.05) is 37.8 Å². The number of piperidine rings is 1. The lowest BCUT2D eigenvalue weighted by Crippen LogP contribution is -2.75. The maximum absolute atomic E-state index is 13.7. The molecular weight excluding hydrogens is 456 g/mol. The van der Waals surface area contributed by atoms with Gasteiger partial charge in [-0.05, 0) is 55.7 Å². The van der Waals surface area contributed by atoms with Gasteiger partial charge >= 0.3 is 0 Å². The Balaban J connectivity index is 1.47.